The van der Waals surface area contributed by atoms with Crippen LogP contribution in [0.1, 0.15) is 78.5 Å². The zero-order chi connectivity index (χ0) is 33.6. The van der Waals surface area contributed by atoms with Gasteiger partial charge in [-0.05, 0) is 75.9 Å². The summed E-state index contributed by atoms with van der Waals surface area (Å²) in [6.45, 7) is 8.95. The van der Waals surface area contributed by atoms with Gasteiger partial charge < -0.3 is 23.7 Å². The van der Waals surface area contributed by atoms with Crippen LogP contribution in [-0.2, 0) is 28.5 Å². The topological polar surface area (TPSA) is 114 Å². The molecule has 3 aromatic rings. The van der Waals surface area contributed by atoms with Gasteiger partial charge in [-0.25, -0.2) is 14.4 Å². The van der Waals surface area contributed by atoms with Crippen molar-refractivity contribution in [1.82, 2.24) is 0 Å². The van der Waals surface area contributed by atoms with Crippen LogP contribution in [-0.4, -0.2) is 59.5 Å². The summed E-state index contributed by atoms with van der Waals surface area (Å²) in [6.07, 6.45) is -3.26. The fraction of sp³-hybridized carbons (Fsp3) is 0.421. The van der Waals surface area contributed by atoms with Crippen molar-refractivity contribution in [1.29, 1.82) is 0 Å². The second kappa shape index (κ2) is 12.3. The first kappa shape index (κ1) is 32.4. The summed E-state index contributed by atoms with van der Waals surface area (Å²) in [6, 6.07) is 25.9. The molecular formula is C38H40O9. The third-order valence-electron chi connectivity index (χ3n) is 10.4. The van der Waals surface area contributed by atoms with E-state index in [1.54, 1.807) is 84.9 Å². The molecule has 246 valence electrons. The Hall–Kier alpha value is -4.50. The van der Waals surface area contributed by atoms with Gasteiger partial charge in [-0.2, -0.15) is 0 Å². The van der Waals surface area contributed by atoms with E-state index in [2.05, 4.69) is 0 Å². The molecule has 1 heterocycles. The molecule has 9 heteroatoms. The second-order valence-corrected chi connectivity index (χ2v) is 13.6. The van der Waals surface area contributed by atoms with Gasteiger partial charge in [0.25, 0.3) is 0 Å². The van der Waals surface area contributed by atoms with Crippen molar-refractivity contribution in [2.75, 3.05) is 0 Å². The molecule has 47 heavy (non-hydrogen) atoms. The van der Waals surface area contributed by atoms with E-state index >= 15 is 0 Å². The van der Waals surface area contributed by atoms with Crippen molar-refractivity contribution < 1.29 is 42.9 Å². The Morgan fingerprint density at radius 2 is 1.11 bits per heavy atom. The van der Waals surface area contributed by atoms with Gasteiger partial charge in [-0.3, -0.25) is 4.79 Å². The number of carbonyl (C=O) groups excluding carboxylic acids is 4. The number of ether oxygens (including phenoxy) is 5. The highest BCUT2D eigenvalue weighted by Gasteiger charge is 2.80. The van der Waals surface area contributed by atoms with Gasteiger partial charge in [-0.1, -0.05) is 61.5 Å². The molecule has 3 aliphatic rings. The zero-order valence-electron chi connectivity index (χ0n) is 27.2. The number of hydrogen-bond donors (Lipinski definition) is 0. The summed E-state index contributed by atoms with van der Waals surface area (Å²) in [5, 5.41) is 0. The molecule has 0 radical (unpaired) electrons. The fourth-order valence-electron chi connectivity index (χ4n) is 8.27. The molecule has 8 atom stereocenters. The third-order valence-corrected chi connectivity index (χ3v) is 10.4. The van der Waals surface area contributed by atoms with E-state index in [0.717, 1.165) is 0 Å². The Kier molecular flexibility index (Phi) is 8.47. The predicted octanol–water partition coefficient (Wildman–Crippen LogP) is 6.21. The molecule has 3 aromatic carbocycles. The van der Waals surface area contributed by atoms with Crippen LogP contribution in [0.4, 0.5) is 0 Å². The quantitative estimate of drug-likeness (QED) is 0.220. The van der Waals surface area contributed by atoms with E-state index < -0.39 is 70.8 Å². The van der Waals surface area contributed by atoms with Gasteiger partial charge in [0.1, 0.15) is 23.9 Å². The number of esters is 4. The third kappa shape index (κ3) is 5.50. The SMILES string of the molecule is CC(=O)O[C@@H]1[C@@H](OC(=O)c2ccccc2)C[C@H](C)[C@]23OC(C)(C)[C@H](C[C@@H](OC(=O)c4ccccc4)[C@@]12C)[C@@H]3OC(=O)c1ccccc1. The molecular weight excluding hydrogens is 600 g/mol. The van der Waals surface area contributed by atoms with Crippen LogP contribution in [0.15, 0.2) is 91.0 Å². The van der Waals surface area contributed by atoms with E-state index in [-0.39, 0.29) is 18.8 Å². The van der Waals surface area contributed by atoms with E-state index in [1.165, 1.54) is 6.92 Å². The normalized spacial score (nSPS) is 31.9. The minimum absolute atomic E-state index is 0.230. The first-order valence-corrected chi connectivity index (χ1v) is 16.0. The van der Waals surface area contributed by atoms with Gasteiger partial charge in [-0.15, -0.1) is 0 Å². The number of fused-ring (bicyclic) bond motifs is 1. The van der Waals surface area contributed by atoms with E-state index in [9.17, 15) is 19.2 Å². The average molecular weight is 641 g/mol. The van der Waals surface area contributed by atoms with Gasteiger partial charge in [0.05, 0.1) is 27.7 Å². The Morgan fingerprint density at radius 3 is 1.60 bits per heavy atom. The van der Waals surface area contributed by atoms with Crippen molar-refractivity contribution in [2.24, 2.45) is 17.3 Å². The molecule has 2 aliphatic carbocycles. The van der Waals surface area contributed by atoms with Crippen LogP contribution in [0.3, 0.4) is 0 Å². The van der Waals surface area contributed by atoms with Gasteiger partial charge in [0, 0.05) is 12.8 Å². The second-order valence-electron chi connectivity index (χ2n) is 13.6. The minimum Gasteiger partial charge on any atom is -0.458 e. The van der Waals surface area contributed by atoms with Crippen molar-refractivity contribution >= 4 is 23.9 Å². The Balaban J connectivity index is 1.48. The number of hydrogen-bond acceptors (Lipinski definition) is 9. The number of carbonyl (C=O) groups is 4. The molecule has 0 amide bonds. The number of rotatable bonds is 7. The van der Waals surface area contributed by atoms with E-state index in [1.807, 2.05) is 33.8 Å². The molecule has 2 saturated carbocycles. The lowest BCUT2D eigenvalue weighted by atomic mass is 9.48. The standard InChI is InChI=1S/C38H40O9/c1-23-21-29(44-33(40)25-15-9-6-10-16-25)32(43-24(2)39)37(5)30(45-34(41)26-17-11-7-12-18-26)22-28-31(38(23,37)47-36(28,3)4)46-35(42)27-19-13-8-14-20-27/h6-20,23,28-32H,21-22H2,1-5H3/t23-,28+,29-,30+,31-,32+,37-,38+/m0/s1. The average Bonchev–Trinajstić information content (AvgIpc) is 3.24. The molecule has 2 bridgehead atoms. The van der Waals surface area contributed by atoms with Crippen LogP contribution in [0, 0.1) is 17.3 Å². The first-order chi connectivity index (χ1) is 22.4. The first-order valence-electron chi connectivity index (χ1n) is 16.0. The molecule has 3 fully saturated rings. The number of benzene rings is 3. The van der Waals surface area contributed by atoms with Crippen molar-refractivity contribution in [2.45, 2.75) is 83.1 Å². The van der Waals surface area contributed by atoms with Crippen LogP contribution in [0.25, 0.3) is 0 Å². The van der Waals surface area contributed by atoms with Crippen LogP contribution >= 0.6 is 0 Å². The Labute approximate surface area is 274 Å². The molecule has 1 saturated heterocycles. The monoisotopic (exact) mass is 640 g/mol. The smallest absolute Gasteiger partial charge is 0.338 e. The Morgan fingerprint density at radius 1 is 0.638 bits per heavy atom. The summed E-state index contributed by atoms with van der Waals surface area (Å²) in [5.41, 5.74) is -2.39. The lowest BCUT2D eigenvalue weighted by molar-refractivity contribution is -0.300. The van der Waals surface area contributed by atoms with Crippen LogP contribution in [0.2, 0.25) is 0 Å². The summed E-state index contributed by atoms with van der Waals surface area (Å²) < 4.78 is 32.1. The molecule has 0 N–H and O–H groups in total. The van der Waals surface area contributed by atoms with Gasteiger partial charge in [0.2, 0.25) is 0 Å². The highest BCUT2D eigenvalue weighted by atomic mass is 16.6. The minimum atomic E-state index is -1.34. The highest BCUT2D eigenvalue weighted by molar-refractivity contribution is 5.90. The van der Waals surface area contributed by atoms with Gasteiger partial charge in [0.15, 0.2) is 6.10 Å². The fourth-order valence-corrected chi connectivity index (χ4v) is 8.27. The van der Waals surface area contributed by atoms with E-state index in [0.29, 0.717) is 16.7 Å². The highest BCUT2D eigenvalue weighted by Crippen LogP contribution is 2.68. The molecule has 1 aliphatic heterocycles. The molecule has 9 nitrogen and oxygen atoms in total. The largest absolute Gasteiger partial charge is 0.458 e. The van der Waals surface area contributed by atoms with Crippen LogP contribution < -0.4 is 0 Å². The molecule has 6 rings (SSSR count). The van der Waals surface area contributed by atoms with Crippen molar-refractivity contribution in [3.8, 4) is 0 Å². The summed E-state index contributed by atoms with van der Waals surface area (Å²) in [4.78, 5) is 53.6. The molecule has 1 spiro atoms. The summed E-state index contributed by atoms with van der Waals surface area (Å²) >= 11 is 0. The van der Waals surface area contributed by atoms with Crippen molar-refractivity contribution in [3.05, 3.63) is 108 Å². The lowest BCUT2D eigenvalue weighted by Gasteiger charge is -2.62. The summed E-state index contributed by atoms with van der Waals surface area (Å²) in [5.74, 6) is -3.05. The maximum atomic E-state index is 13.7. The molecule has 0 aromatic heterocycles. The lowest BCUT2D eigenvalue weighted by Crippen LogP contribution is -2.76. The van der Waals surface area contributed by atoms with Gasteiger partial charge >= 0.3 is 23.9 Å². The van der Waals surface area contributed by atoms with Crippen molar-refractivity contribution in [3.63, 3.8) is 0 Å². The maximum absolute atomic E-state index is 13.7. The summed E-state index contributed by atoms with van der Waals surface area (Å²) in [7, 11) is 0. The van der Waals surface area contributed by atoms with Crippen LogP contribution in [0.5, 0.6) is 0 Å². The molecule has 0 unspecified atom stereocenters. The van der Waals surface area contributed by atoms with E-state index in [4.69, 9.17) is 23.7 Å². The predicted molar refractivity (Wildman–Crippen MR) is 170 cm³/mol. The zero-order valence-corrected chi connectivity index (χ0v) is 27.2. The Bertz CT molecular complexity index is 1640. The maximum Gasteiger partial charge on any atom is 0.338 e.